The number of benzene rings is 2. The number of rotatable bonds is 3. The second-order valence-electron chi connectivity index (χ2n) is 4.36. The van der Waals surface area contributed by atoms with Gasteiger partial charge in [0, 0.05) is 5.56 Å². The first-order valence-corrected chi connectivity index (χ1v) is 5.91. The summed E-state index contributed by atoms with van der Waals surface area (Å²) in [6.45, 7) is 0. The van der Waals surface area contributed by atoms with Crippen LogP contribution < -0.4 is 11.3 Å². The molecule has 7 heteroatoms. The Bertz CT molecular complexity index is 640. The lowest BCUT2D eigenvalue weighted by atomic mass is 9.97. The van der Waals surface area contributed by atoms with Crippen molar-refractivity contribution in [3.05, 3.63) is 70.8 Å². The highest BCUT2D eigenvalue weighted by Gasteiger charge is 2.34. The van der Waals surface area contributed by atoms with Gasteiger partial charge in [0.25, 0.3) is 0 Å². The lowest BCUT2D eigenvalue weighted by Gasteiger charge is -2.18. The van der Waals surface area contributed by atoms with Gasteiger partial charge < -0.3 is 0 Å². The molecule has 0 aliphatic heterocycles. The van der Waals surface area contributed by atoms with E-state index in [1.54, 1.807) is 6.07 Å². The van der Waals surface area contributed by atoms with Gasteiger partial charge in [0.15, 0.2) is 0 Å². The van der Waals surface area contributed by atoms with Crippen LogP contribution in [-0.4, -0.2) is 0 Å². The summed E-state index contributed by atoms with van der Waals surface area (Å²) in [7, 11) is 0. The molecule has 2 aromatic carbocycles. The Morgan fingerprint density at radius 1 is 0.952 bits per heavy atom. The third-order valence-electron chi connectivity index (χ3n) is 3.01. The number of nitrogens with two attached hydrogens (primary N) is 1. The van der Waals surface area contributed by atoms with Crippen molar-refractivity contribution in [2.75, 3.05) is 0 Å². The average molecular weight is 302 g/mol. The quantitative estimate of drug-likeness (QED) is 0.517. The van der Waals surface area contributed by atoms with Crippen LogP contribution in [-0.2, 0) is 6.18 Å². The summed E-state index contributed by atoms with van der Waals surface area (Å²) >= 11 is 0. The molecule has 0 saturated heterocycles. The molecule has 2 nitrogen and oxygen atoms in total. The lowest BCUT2D eigenvalue weighted by molar-refractivity contribution is -0.140. The Kier molecular flexibility index (Phi) is 4.24. The molecule has 0 aliphatic rings. The minimum Gasteiger partial charge on any atom is -0.271 e. The second kappa shape index (κ2) is 5.79. The zero-order valence-electron chi connectivity index (χ0n) is 10.6. The third-order valence-corrected chi connectivity index (χ3v) is 3.01. The number of halogens is 5. The molecular formula is C14H11F5N2. The van der Waals surface area contributed by atoms with Crippen LogP contribution in [0, 0.1) is 11.6 Å². The van der Waals surface area contributed by atoms with E-state index in [1.807, 2.05) is 0 Å². The molecule has 21 heavy (non-hydrogen) atoms. The van der Waals surface area contributed by atoms with Crippen LogP contribution in [0.2, 0.25) is 0 Å². The molecule has 1 unspecified atom stereocenters. The van der Waals surface area contributed by atoms with Crippen molar-refractivity contribution in [3.8, 4) is 0 Å². The fraction of sp³-hybridized carbons (Fsp3) is 0.143. The van der Waals surface area contributed by atoms with E-state index in [0.717, 1.165) is 6.07 Å². The zero-order valence-corrected chi connectivity index (χ0v) is 10.6. The van der Waals surface area contributed by atoms with Gasteiger partial charge in [0.2, 0.25) is 0 Å². The Morgan fingerprint density at radius 2 is 1.62 bits per heavy atom. The molecule has 0 spiro atoms. The standard InChI is InChI=1S/C14H11F5N2/c15-11-4-2-1-3-9(11)13(21-20)8-5-6-10(12(16)7-8)14(17,18)19/h1-7,13,21H,20H2. The molecule has 0 bridgehead atoms. The van der Waals surface area contributed by atoms with Crippen molar-refractivity contribution in [1.82, 2.24) is 5.43 Å². The van der Waals surface area contributed by atoms with Gasteiger partial charge in [-0.05, 0) is 23.8 Å². The maximum atomic E-state index is 13.7. The predicted octanol–water partition coefficient (Wildman–Crippen LogP) is 3.54. The summed E-state index contributed by atoms with van der Waals surface area (Å²) in [5, 5.41) is 0. The van der Waals surface area contributed by atoms with E-state index in [0.29, 0.717) is 12.1 Å². The van der Waals surface area contributed by atoms with Crippen LogP contribution in [0.15, 0.2) is 42.5 Å². The van der Waals surface area contributed by atoms with Crippen LogP contribution in [0.4, 0.5) is 22.0 Å². The fourth-order valence-electron chi connectivity index (χ4n) is 2.02. The number of hydrazine groups is 1. The van der Waals surface area contributed by atoms with Gasteiger partial charge in [-0.2, -0.15) is 13.2 Å². The van der Waals surface area contributed by atoms with Crippen molar-refractivity contribution < 1.29 is 22.0 Å². The summed E-state index contributed by atoms with van der Waals surface area (Å²) in [6, 6.07) is 7.00. The maximum absolute atomic E-state index is 13.7. The summed E-state index contributed by atoms with van der Waals surface area (Å²) in [5.74, 6) is 3.29. The Balaban J connectivity index is 2.45. The monoisotopic (exact) mass is 302 g/mol. The van der Waals surface area contributed by atoms with E-state index >= 15 is 0 Å². The van der Waals surface area contributed by atoms with Crippen LogP contribution in [0.25, 0.3) is 0 Å². The van der Waals surface area contributed by atoms with Crippen LogP contribution in [0.1, 0.15) is 22.7 Å². The van der Waals surface area contributed by atoms with E-state index < -0.39 is 29.4 Å². The smallest absolute Gasteiger partial charge is 0.271 e. The molecule has 0 fully saturated rings. The highest BCUT2D eigenvalue weighted by Crippen LogP contribution is 2.33. The highest BCUT2D eigenvalue weighted by molar-refractivity contribution is 5.35. The SMILES string of the molecule is NNC(c1ccc(C(F)(F)F)c(F)c1)c1ccccc1F. The average Bonchev–Trinajstić information content (AvgIpc) is 2.40. The molecule has 0 aliphatic carbocycles. The van der Waals surface area contributed by atoms with Gasteiger partial charge >= 0.3 is 6.18 Å². The molecule has 3 N–H and O–H groups in total. The van der Waals surface area contributed by atoms with Crippen LogP contribution >= 0.6 is 0 Å². The fourth-order valence-corrected chi connectivity index (χ4v) is 2.02. The van der Waals surface area contributed by atoms with Gasteiger partial charge in [0.05, 0.1) is 11.6 Å². The molecule has 2 rings (SSSR count). The van der Waals surface area contributed by atoms with Crippen molar-refractivity contribution in [2.24, 2.45) is 5.84 Å². The highest BCUT2D eigenvalue weighted by atomic mass is 19.4. The molecule has 0 amide bonds. The van der Waals surface area contributed by atoms with Gasteiger partial charge in [-0.25, -0.2) is 14.2 Å². The van der Waals surface area contributed by atoms with Crippen LogP contribution in [0.5, 0.6) is 0 Å². The summed E-state index contributed by atoms with van der Waals surface area (Å²) in [4.78, 5) is 0. The van der Waals surface area contributed by atoms with Gasteiger partial charge in [-0.3, -0.25) is 5.84 Å². The Morgan fingerprint density at radius 3 is 2.14 bits per heavy atom. The summed E-state index contributed by atoms with van der Waals surface area (Å²) in [5.41, 5.74) is 1.10. The molecule has 0 heterocycles. The minimum atomic E-state index is -4.79. The van der Waals surface area contributed by atoms with Crippen LogP contribution in [0.3, 0.4) is 0 Å². The normalized spacial score (nSPS) is 13.2. The Labute approximate surface area is 117 Å². The summed E-state index contributed by atoms with van der Waals surface area (Å²) < 4.78 is 64.8. The van der Waals surface area contributed by atoms with E-state index in [1.165, 1.54) is 18.2 Å². The molecule has 112 valence electrons. The predicted molar refractivity (Wildman–Crippen MR) is 67.0 cm³/mol. The third kappa shape index (κ3) is 3.20. The number of hydrogen-bond acceptors (Lipinski definition) is 2. The molecule has 0 saturated carbocycles. The summed E-state index contributed by atoms with van der Waals surface area (Å²) in [6.07, 6.45) is -4.79. The Hall–Kier alpha value is -1.99. The number of nitrogens with one attached hydrogen (secondary N) is 1. The van der Waals surface area contributed by atoms with Gasteiger partial charge in [-0.1, -0.05) is 24.3 Å². The second-order valence-corrected chi connectivity index (χ2v) is 4.36. The van der Waals surface area contributed by atoms with E-state index in [2.05, 4.69) is 5.43 Å². The van der Waals surface area contributed by atoms with E-state index in [4.69, 9.17) is 5.84 Å². The molecule has 0 radical (unpaired) electrons. The maximum Gasteiger partial charge on any atom is 0.419 e. The number of hydrogen-bond donors (Lipinski definition) is 2. The topological polar surface area (TPSA) is 38.0 Å². The first-order valence-electron chi connectivity index (χ1n) is 5.91. The largest absolute Gasteiger partial charge is 0.419 e. The van der Waals surface area contributed by atoms with E-state index in [9.17, 15) is 22.0 Å². The molecule has 0 aromatic heterocycles. The molecule has 1 atom stereocenters. The molecule has 2 aromatic rings. The van der Waals surface area contributed by atoms with Crippen molar-refractivity contribution in [2.45, 2.75) is 12.2 Å². The van der Waals surface area contributed by atoms with Crippen molar-refractivity contribution >= 4 is 0 Å². The first kappa shape index (κ1) is 15.4. The van der Waals surface area contributed by atoms with Crippen molar-refractivity contribution in [3.63, 3.8) is 0 Å². The van der Waals surface area contributed by atoms with Crippen molar-refractivity contribution in [1.29, 1.82) is 0 Å². The lowest BCUT2D eigenvalue weighted by Crippen LogP contribution is -2.29. The first-order chi connectivity index (χ1) is 9.84. The van der Waals surface area contributed by atoms with Gasteiger partial charge in [0.1, 0.15) is 11.6 Å². The van der Waals surface area contributed by atoms with Gasteiger partial charge in [-0.15, -0.1) is 0 Å². The number of alkyl halides is 3. The van der Waals surface area contributed by atoms with E-state index in [-0.39, 0.29) is 11.1 Å². The zero-order chi connectivity index (χ0) is 15.6. The molecular weight excluding hydrogens is 291 g/mol. The minimum absolute atomic E-state index is 0.0908.